The van der Waals surface area contributed by atoms with Crippen molar-refractivity contribution in [3.05, 3.63) is 0 Å². The van der Waals surface area contributed by atoms with Crippen molar-refractivity contribution < 1.29 is 19.4 Å². The van der Waals surface area contributed by atoms with E-state index in [-0.39, 0.29) is 23.2 Å². The Hall–Kier alpha value is -0.593. The first-order chi connectivity index (χ1) is 9.68. The van der Waals surface area contributed by atoms with Gasteiger partial charge in [-0.2, -0.15) is 0 Å². The van der Waals surface area contributed by atoms with Crippen LogP contribution >= 0.6 is 0 Å². The number of rotatable bonds is 3. The van der Waals surface area contributed by atoms with Crippen LogP contribution in [0.3, 0.4) is 0 Å². The fraction of sp³-hybridized carbons (Fsp3) is 0.938. The minimum atomic E-state index is -1.97. The minimum Gasteiger partial charge on any atom is -0.465 e. The van der Waals surface area contributed by atoms with E-state index in [1.54, 1.807) is 0 Å². The Bertz CT molecular complexity index is 425. The third-order valence-corrected chi connectivity index (χ3v) is 10.2. The van der Waals surface area contributed by atoms with E-state index < -0.39 is 19.9 Å². The molecule has 1 heterocycles. The summed E-state index contributed by atoms with van der Waals surface area (Å²) in [7, 11) is -1.97. The lowest BCUT2D eigenvalue weighted by molar-refractivity contribution is -0.0121. The molecule has 1 fully saturated rings. The zero-order valence-electron chi connectivity index (χ0n) is 15.4. The van der Waals surface area contributed by atoms with Gasteiger partial charge in [0.1, 0.15) is 0 Å². The number of aliphatic hydroxyl groups excluding tert-OH is 1. The van der Waals surface area contributed by atoms with Crippen LogP contribution in [0.4, 0.5) is 4.79 Å². The highest BCUT2D eigenvalue weighted by atomic mass is 28.4. The second-order valence-electron chi connectivity index (χ2n) is 9.04. The van der Waals surface area contributed by atoms with Crippen LogP contribution in [0, 0.1) is 5.41 Å². The van der Waals surface area contributed by atoms with Crippen molar-refractivity contribution in [2.45, 2.75) is 77.7 Å². The van der Waals surface area contributed by atoms with E-state index in [9.17, 15) is 15.0 Å². The van der Waals surface area contributed by atoms with Gasteiger partial charge in [0.15, 0.2) is 8.32 Å². The van der Waals surface area contributed by atoms with E-state index in [4.69, 9.17) is 4.43 Å². The summed E-state index contributed by atoms with van der Waals surface area (Å²) in [5, 5.41) is 19.7. The van der Waals surface area contributed by atoms with Crippen molar-refractivity contribution in [1.29, 1.82) is 0 Å². The zero-order valence-corrected chi connectivity index (χ0v) is 16.4. The van der Waals surface area contributed by atoms with Gasteiger partial charge in [-0.15, -0.1) is 0 Å². The largest absolute Gasteiger partial charge is 0.465 e. The predicted octanol–water partition coefficient (Wildman–Crippen LogP) is 3.54. The molecule has 1 amide bonds. The van der Waals surface area contributed by atoms with Crippen LogP contribution in [-0.2, 0) is 4.43 Å². The fourth-order valence-electron chi connectivity index (χ4n) is 2.96. The fourth-order valence-corrected chi connectivity index (χ4v) is 4.31. The van der Waals surface area contributed by atoms with Crippen LogP contribution < -0.4 is 0 Å². The molecule has 0 aromatic carbocycles. The summed E-state index contributed by atoms with van der Waals surface area (Å²) in [5.74, 6) is 0. The third-order valence-electron chi connectivity index (χ3n) is 5.62. The van der Waals surface area contributed by atoms with Crippen LogP contribution in [0.25, 0.3) is 0 Å². The van der Waals surface area contributed by atoms with Gasteiger partial charge >= 0.3 is 6.09 Å². The van der Waals surface area contributed by atoms with Crippen molar-refractivity contribution in [2.75, 3.05) is 13.2 Å². The molecule has 0 bridgehead atoms. The summed E-state index contributed by atoms with van der Waals surface area (Å²) in [4.78, 5) is 13.1. The number of amides is 1. The van der Waals surface area contributed by atoms with Gasteiger partial charge in [-0.05, 0) is 23.5 Å². The minimum absolute atomic E-state index is 0.0766. The molecule has 1 aliphatic rings. The van der Waals surface area contributed by atoms with E-state index in [0.29, 0.717) is 13.0 Å². The van der Waals surface area contributed by atoms with Crippen LogP contribution in [0.5, 0.6) is 0 Å². The predicted molar refractivity (Wildman–Crippen MR) is 90.7 cm³/mol. The van der Waals surface area contributed by atoms with Crippen molar-refractivity contribution in [3.8, 4) is 0 Å². The summed E-state index contributed by atoms with van der Waals surface area (Å²) >= 11 is 0. The summed E-state index contributed by atoms with van der Waals surface area (Å²) in [6.07, 6.45) is -0.583. The Balaban J connectivity index is 3.09. The van der Waals surface area contributed by atoms with Gasteiger partial charge in [0, 0.05) is 13.0 Å². The molecule has 1 saturated heterocycles. The highest BCUT2D eigenvalue weighted by Crippen LogP contribution is 2.46. The maximum absolute atomic E-state index is 11.7. The molecule has 2 N–H and O–H groups in total. The molecule has 0 radical (unpaired) electrons. The van der Waals surface area contributed by atoms with Crippen LogP contribution in [0.1, 0.15) is 48.0 Å². The summed E-state index contributed by atoms with van der Waals surface area (Å²) in [5.41, 5.74) is -1.14. The molecule has 0 aliphatic carbocycles. The Labute approximate surface area is 135 Å². The molecule has 1 rings (SSSR count). The summed E-state index contributed by atoms with van der Waals surface area (Å²) < 4.78 is 6.42. The van der Waals surface area contributed by atoms with Gasteiger partial charge in [0.05, 0.1) is 18.2 Å². The molecule has 0 spiro atoms. The number of likely N-dealkylation sites (tertiary alicyclic amines) is 1. The lowest BCUT2D eigenvalue weighted by Gasteiger charge is -2.45. The first-order valence-electron chi connectivity index (χ1n) is 7.97. The van der Waals surface area contributed by atoms with Gasteiger partial charge in [-0.3, -0.25) is 4.90 Å². The molecule has 0 aromatic heterocycles. The average Bonchev–Trinajstić information content (AvgIpc) is 2.66. The van der Waals surface area contributed by atoms with Gasteiger partial charge in [0.2, 0.25) is 0 Å². The second-order valence-corrected chi connectivity index (χ2v) is 13.8. The zero-order chi connectivity index (χ0) is 17.6. The topological polar surface area (TPSA) is 70.0 Å². The van der Waals surface area contributed by atoms with Crippen LogP contribution in [0.15, 0.2) is 0 Å². The Morgan fingerprint density at radius 2 is 1.77 bits per heavy atom. The maximum Gasteiger partial charge on any atom is 0.407 e. The normalized spacial score (nSPS) is 27.3. The SMILES string of the molecule is CC(C)(C)[C@]1(CO)C[C@H](O[Si](C)(C)C(C)(C)C)CN1C(=O)O. The van der Waals surface area contributed by atoms with Crippen LogP contribution in [-0.4, -0.2) is 54.3 Å². The molecule has 5 nitrogen and oxygen atoms in total. The monoisotopic (exact) mass is 331 g/mol. The van der Waals surface area contributed by atoms with Gasteiger partial charge in [0.25, 0.3) is 0 Å². The molecule has 0 unspecified atom stereocenters. The lowest BCUT2D eigenvalue weighted by atomic mass is 9.72. The molecule has 130 valence electrons. The molecule has 2 atom stereocenters. The Morgan fingerprint density at radius 1 is 1.27 bits per heavy atom. The standard InChI is InChI=1S/C16H33NO4Si/c1-14(2,3)16(11-18)9-12(10-17(16)13(19)20)21-22(7,8)15(4,5)6/h12,18H,9-11H2,1-8H3,(H,19,20)/t12-,16+/m0/s1. The third kappa shape index (κ3) is 3.33. The van der Waals surface area contributed by atoms with E-state index in [1.165, 1.54) is 4.90 Å². The Morgan fingerprint density at radius 3 is 2.05 bits per heavy atom. The maximum atomic E-state index is 11.7. The van der Waals surface area contributed by atoms with Crippen molar-refractivity contribution in [1.82, 2.24) is 4.90 Å². The van der Waals surface area contributed by atoms with Crippen molar-refractivity contribution in [2.24, 2.45) is 5.41 Å². The highest BCUT2D eigenvalue weighted by molar-refractivity contribution is 6.74. The van der Waals surface area contributed by atoms with E-state index in [1.807, 2.05) is 20.8 Å². The molecular weight excluding hydrogens is 298 g/mol. The first kappa shape index (κ1) is 19.5. The first-order valence-corrected chi connectivity index (χ1v) is 10.9. The van der Waals surface area contributed by atoms with Crippen molar-refractivity contribution in [3.63, 3.8) is 0 Å². The van der Waals surface area contributed by atoms with E-state index in [0.717, 1.165) is 0 Å². The number of hydrogen-bond donors (Lipinski definition) is 2. The number of carbonyl (C=O) groups is 1. The van der Waals surface area contributed by atoms with E-state index in [2.05, 4.69) is 33.9 Å². The summed E-state index contributed by atoms with van der Waals surface area (Å²) in [6.45, 7) is 17.0. The lowest BCUT2D eigenvalue weighted by Crippen LogP contribution is -2.57. The molecule has 6 heteroatoms. The molecule has 0 saturated carbocycles. The second kappa shape index (κ2) is 5.80. The number of carboxylic acid groups (broad SMARTS) is 1. The molecule has 22 heavy (non-hydrogen) atoms. The van der Waals surface area contributed by atoms with Gasteiger partial charge in [-0.25, -0.2) is 4.79 Å². The molecular formula is C16H33NO4Si. The Kier molecular flexibility index (Phi) is 5.13. The van der Waals surface area contributed by atoms with E-state index >= 15 is 0 Å². The number of hydrogen-bond acceptors (Lipinski definition) is 3. The quantitative estimate of drug-likeness (QED) is 0.776. The molecule has 0 aromatic rings. The highest BCUT2D eigenvalue weighted by Gasteiger charge is 2.56. The average molecular weight is 332 g/mol. The van der Waals surface area contributed by atoms with Gasteiger partial charge in [-0.1, -0.05) is 41.5 Å². The van der Waals surface area contributed by atoms with Gasteiger partial charge < -0.3 is 14.6 Å². The summed E-state index contributed by atoms with van der Waals surface area (Å²) in [6, 6.07) is 0. The number of nitrogens with zero attached hydrogens (tertiary/aromatic N) is 1. The van der Waals surface area contributed by atoms with Crippen molar-refractivity contribution >= 4 is 14.4 Å². The molecule has 1 aliphatic heterocycles. The smallest absolute Gasteiger partial charge is 0.407 e. The number of aliphatic hydroxyl groups is 1. The van der Waals surface area contributed by atoms with Crippen LogP contribution in [0.2, 0.25) is 18.1 Å².